The lowest BCUT2D eigenvalue weighted by atomic mass is 9.95. The highest BCUT2D eigenvalue weighted by atomic mass is 32.1. The summed E-state index contributed by atoms with van der Waals surface area (Å²) in [7, 11) is 0. The van der Waals surface area contributed by atoms with E-state index >= 15 is 0 Å². The van der Waals surface area contributed by atoms with Crippen LogP contribution in [0, 0.1) is 12.5 Å². The van der Waals surface area contributed by atoms with Crippen molar-refractivity contribution < 1.29 is 0 Å². The van der Waals surface area contributed by atoms with E-state index in [-0.39, 0.29) is 0 Å². The molecule has 0 N–H and O–H groups in total. The summed E-state index contributed by atoms with van der Waals surface area (Å²) in [6, 6.07) is 3.11. The molecule has 1 nitrogen and oxygen atoms in total. The molecule has 1 rings (SSSR count). The third kappa shape index (κ3) is 2.20. The van der Waals surface area contributed by atoms with Crippen LogP contribution in [0.4, 0.5) is 0 Å². The van der Waals surface area contributed by atoms with Gasteiger partial charge in [-0.05, 0) is 12.8 Å². The highest BCUT2D eigenvalue weighted by molar-refractivity contribution is 7.78. The maximum atomic E-state index is 5.29. The van der Waals surface area contributed by atoms with Crippen LogP contribution >= 0.6 is 12.2 Å². The predicted molar refractivity (Wildman–Crippen MR) is 51.2 cm³/mol. The number of hydrogen-bond donors (Lipinski definition) is 0. The van der Waals surface area contributed by atoms with Gasteiger partial charge in [-0.1, -0.05) is 37.9 Å². The number of rotatable bonds is 2. The highest BCUT2D eigenvalue weighted by Crippen LogP contribution is 2.21. The van der Waals surface area contributed by atoms with Crippen molar-refractivity contribution in [1.29, 1.82) is 0 Å². The monoisotopic (exact) mass is 167 g/mol. The van der Waals surface area contributed by atoms with E-state index in [0.29, 0.717) is 6.04 Å². The highest BCUT2D eigenvalue weighted by Gasteiger charge is 2.16. The molecule has 1 saturated carbocycles. The summed E-state index contributed by atoms with van der Waals surface area (Å²) in [5.41, 5.74) is 1.59. The van der Waals surface area contributed by atoms with Crippen LogP contribution < -0.4 is 0 Å². The Hall–Kier alpha value is -0.550. The quantitative estimate of drug-likeness (QED) is 0.352. The summed E-state index contributed by atoms with van der Waals surface area (Å²) >= 11 is 4.81. The van der Waals surface area contributed by atoms with E-state index in [9.17, 15) is 0 Å². The molecule has 0 bridgehead atoms. The number of thiocarbonyl (C=S) groups is 1. The van der Waals surface area contributed by atoms with Crippen molar-refractivity contribution in [3.05, 3.63) is 0 Å². The molecule has 0 radical (unpaired) electrons. The molecule has 2 heteroatoms. The molecule has 0 amide bonds. The van der Waals surface area contributed by atoms with Gasteiger partial charge in [-0.2, -0.15) is 0 Å². The average Bonchev–Trinajstić information content (AvgIpc) is 2.09. The first-order chi connectivity index (χ1) is 5.38. The molecule has 0 aromatic heterocycles. The standard InChI is InChI=1S/C9H13NS/c1-2-10(8-11)9-6-4-3-5-7-9/h1,8-9H,3-7H2. The maximum Gasteiger partial charge on any atom is 0.0762 e. The summed E-state index contributed by atoms with van der Waals surface area (Å²) in [4.78, 5) is 1.83. The van der Waals surface area contributed by atoms with Gasteiger partial charge in [0.15, 0.2) is 0 Å². The minimum absolute atomic E-state index is 0.520. The molecule has 0 aromatic carbocycles. The summed E-state index contributed by atoms with van der Waals surface area (Å²) in [6.07, 6.45) is 11.7. The van der Waals surface area contributed by atoms with Gasteiger partial charge in [-0.15, -0.1) is 0 Å². The van der Waals surface area contributed by atoms with E-state index in [1.807, 2.05) is 4.90 Å². The van der Waals surface area contributed by atoms with Crippen LogP contribution in [0.3, 0.4) is 0 Å². The van der Waals surface area contributed by atoms with Gasteiger partial charge in [0.2, 0.25) is 0 Å². The Morgan fingerprint density at radius 3 is 2.45 bits per heavy atom. The summed E-state index contributed by atoms with van der Waals surface area (Å²) < 4.78 is 0. The zero-order chi connectivity index (χ0) is 8.10. The Morgan fingerprint density at radius 2 is 2.00 bits per heavy atom. The summed E-state index contributed by atoms with van der Waals surface area (Å²) in [6.45, 7) is 0. The van der Waals surface area contributed by atoms with Gasteiger partial charge < -0.3 is 0 Å². The Labute approximate surface area is 73.8 Å². The molecule has 0 saturated heterocycles. The summed E-state index contributed by atoms with van der Waals surface area (Å²) in [5.74, 6) is 0. The van der Waals surface area contributed by atoms with Crippen molar-refractivity contribution >= 4 is 17.7 Å². The van der Waals surface area contributed by atoms with Gasteiger partial charge in [0.25, 0.3) is 0 Å². The molecule has 1 fully saturated rings. The first kappa shape index (κ1) is 8.55. The van der Waals surface area contributed by atoms with Crippen molar-refractivity contribution in [2.45, 2.75) is 38.1 Å². The fourth-order valence-electron chi connectivity index (χ4n) is 1.58. The van der Waals surface area contributed by atoms with E-state index in [4.69, 9.17) is 18.6 Å². The fourth-order valence-corrected chi connectivity index (χ4v) is 1.81. The molecule has 60 valence electrons. The zero-order valence-electron chi connectivity index (χ0n) is 6.62. The second kappa shape index (κ2) is 4.35. The van der Waals surface area contributed by atoms with Crippen LogP contribution in [0.15, 0.2) is 0 Å². The Balaban J connectivity index is 2.44. The molecule has 1 aliphatic rings. The van der Waals surface area contributed by atoms with Gasteiger partial charge in [-0.3, -0.25) is 4.90 Å². The summed E-state index contributed by atoms with van der Waals surface area (Å²) in [5, 5.41) is 0. The minimum Gasteiger partial charge on any atom is -0.295 e. The van der Waals surface area contributed by atoms with Crippen molar-refractivity contribution in [2.24, 2.45) is 0 Å². The number of terminal acetylenes is 1. The molecule has 0 aliphatic heterocycles. The van der Waals surface area contributed by atoms with Gasteiger partial charge in [-0.25, -0.2) is 0 Å². The van der Waals surface area contributed by atoms with E-state index in [1.165, 1.54) is 32.1 Å². The Kier molecular flexibility index (Phi) is 3.38. The van der Waals surface area contributed by atoms with Gasteiger partial charge in [0.1, 0.15) is 0 Å². The first-order valence-electron chi connectivity index (χ1n) is 4.08. The first-order valence-corrected chi connectivity index (χ1v) is 4.55. The fraction of sp³-hybridized carbons (Fsp3) is 0.667. The SMILES string of the molecule is C#CN(C=S)C1CCCCC1. The number of hydrogen-bond acceptors (Lipinski definition) is 1. The van der Waals surface area contributed by atoms with Crippen LogP contribution in [0.1, 0.15) is 32.1 Å². The van der Waals surface area contributed by atoms with Crippen LogP contribution in [-0.4, -0.2) is 16.4 Å². The third-order valence-electron chi connectivity index (χ3n) is 2.23. The zero-order valence-corrected chi connectivity index (χ0v) is 7.44. The molecule has 1 aliphatic carbocycles. The van der Waals surface area contributed by atoms with Crippen LogP contribution in [-0.2, 0) is 0 Å². The second-order valence-corrected chi connectivity index (χ2v) is 3.14. The van der Waals surface area contributed by atoms with Crippen LogP contribution in [0.5, 0.6) is 0 Å². The molecule has 11 heavy (non-hydrogen) atoms. The maximum absolute atomic E-state index is 5.29. The molecule has 0 heterocycles. The van der Waals surface area contributed by atoms with Crippen molar-refractivity contribution in [3.63, 3.8) is 0 Å². The molecule has 0 atom stereocenters. The number of nitrogens with zero attached hydrogens (tertiary/aromatic N) is 1. The lowest BCUT2D eigenvalue weighted by Crippen LogP contribution is -2.30. The predicted octanol–water partition coefficient (Wildman–Crippen LogP) is 2.17. The van der Waals surface area contributed by atoms with E-state index in [0.717, 1.165) is 0 Å². The second-order valence-electron chi connectivity index (χ2n) is 2.93. The van der Waals surface area contributed by atoms with E-state index < -0.39 is 0 Å². The van der Waals surface area contributed by atoms with E-state index in [1.54, 1.807) is 5.49 Å². The molecule has 0 aromatic rings. The van der Waals surface area contributed by atoms with Gasteiger partial charge in [0.05, 0.1) is 5.49 Å². The van der Waals surface area contributed by atoms with Gasteiger partial charge >= 0.3 is 0 Å². The topological polar surface area (TPSA) is 3.24 Å². The Morgan fingerprint density at radius 1 is 1.36 bits per heavy atom. The minimum atomic E-state index is 0.520. The van der Waals surface area contributed by atoms with Crippen molar-refractivity contribution in [3.8, 4) is 12.5 Å². The lowest BCUT2D eigenvalue weighted by molar-refractivity contribution is 0.319. The molecule has 0 spiro atoms. The third-order valence-corrected chi connectivity index (χ3v) is 2.46. The largest absolute Gasteiger partial charge is 0.295 e. The van der Waals surface area contributed by atoms with Crippen molar-refractivity contribution in [1.82, 2.24) is 4.90 Å². The van der Waals surface area contributed by atoms with E-state index in [2.05, 4.69) is 6.04 Å². The molecular formula is C9H13NS. The van der Waals surface area contributed by atoms with Crippen LogP contribution in [0.25, 0.3) is 0 Å². The van der Waals surface area contributed by atoms with Crippen LogP contribution in [0.2, 0.25) is 0 Å². The smallest absolute Gasteiger partial charge is 0.0762 e. The van der Waals surface area contributed by atoms with Gasteiger partial charge in [0, 0.05) is 12.1 Å². The normalized spacial score (nSPS) is 18.8. The Bertz CT molecular complexity index is 165. The average molecular weight is 167 g/mol. The molecule has 0 unspecified atom stereocenters. The molecular weight excluding hydrogens is 154 g/mol. The lowest BCUT2D eigenvalue weighted by Gasteiger charge is -2.27. The van der Waals surface area contributed by atoms with Crippen molar-refractivity contribution in [2.75, 3.05) is 0 Å².